The molecule has 0 saturated heterocycles. The minimum absolute atomic E-state index is 0.113. The third-order valence-electron chi connectivity index (χ3n) is 3.67. The first-order valence-corrected chi connectivity index (χ1v) is 7.78. The Kier molecular flexibility index (Phi) is 4.83. The van der Waals surface area contributed by atoms with Gasteiger partial charge in [-0.3, -0.25) is 4.79 Å². The maximum atomic E-state index is 13.2. The van der Waals surface area contributed by atoms with E-state index in [1.807, 2.05) is 0 Å². The van der Waals surface area contributed by atoms with Crippen LogP contribution in [-0.2, 0) is 6.42 Å². The molecule has 3 aromatic rings. The molecule has 1 aromatic heterocycles. The van der Waals surface area contributed by atoms with Gasteiger partial charge in [0.15, 0.2) is 5.78 Å². The van der Waals surface area contributed by atoms with Gasteiger partial charge in [0.05, 0.1) is 6.61 Å². The molecule has 0 fully saturated rings. The number of ketones is 1. The summed E-state index contributed by atoms with van der Waals surface area (Å²) in [5, 5.41) is 10.1. The molecular formula is C18H15ClFNO3. The predicted octanol–water partition coefficient (Wildman–Crippen LogP) is 3.76. The zero-order valence-electron chi connectivity index (χ0n) is 12.7. The van der Waals surface area contributed by atoms with Gasteiger partial charge in [0.1, 0.15) is 18.2 Å². The number of H-pyrrole nitrogens is 1. The fourth-order valence-corrected chi connectivity index (χ4v) is 2.72. The number of hydrogen-bond acceptors (Lipinski definition) is 3. The Morgan fingerprint density at radius 1 is 1.25 bits per heavy atom. The smallest absolute Gasteiger partial charge is 0.169 e. The number of aromatic nitrogens is 1. The van der Waals surface area contributed by atoms with Crippen LogP contribution >= 0.6 is 11.6 Å². The highest BCUT2D eigenvalue weighted by molar-refractivity contribution is 6.30. The highest BCUT2D eigenvalue weighted by Gasteiger charge is 2.16. The number of halogens is 2. The number of aromatic amines is 1. The van der Waals surface area contributed by atoms with Gasteiger partial charge in [-0.25, -0.2) is 4.39 Å². The number of carbonyl (C=O) groups excluding carboxylic acids is 1. The number of rotatable bonds is 6. The summed E-state index contributed by atoms with van der Waals surface area (Å²) in [6, 6.07) is 9.28. The van der Waals surface area contributed by atoms with E-state index in [9.17, 15) is 9.18 Å². The number of aliphatic hydroxyl groups excluding tert-OH is 1. The van der Waals surface area contributed by atoms with E-state index in [1.54, 1.807) is 30.5 Å². The lowest BCUT2D eigenvalue weighted by molar-refractivity contribution is 0.0993. The minimum Gasteiger partial charge on any atom is -0.491 e. The second-order valence-corrected chi connectivity index (χ2v) is 5.75. The fraction of sp³-hybridized carbons (Fsp3) is 0.167. The molecule has 0 aliphatic heterocycles. The van der Waals surface area contributed by atoms with Crippen LogP contribution in [0.25, 0.3) is 10.9 Å². The van der Waals surface area contributed by atoms with Crippen molar-refractivity contribution in [3.63, 3.8) is 0 Å². The van der Waals surface area contributed by atoms with E-state index < -0.39 is 0 Å². The maximum Gasteiger partial charge on any atom is 0.169 e. The first kappa shape index (κ1) is 16.5. The molecule has 3 rings (SSSR count). The number of ether oxygens (including phenoxy) is 1. The average molecular weight is 348 g/mol. The summed E-state index contributed by atoms with van der Waals surface area (Å²) in [6.07, 6.45) is 1.69. The monoisotopic (exact) mass is 347 g/mol. The third kappa shape index (κ3) is 3.42. The summed E-state index contributed by atoms with van der Waals surface area (Å²) in [5.41, 5.74) is 1.74. The van der Waals surface area contributed by atoms with Crippen LogP contribution in [0.2, 0.25) is 5.02 Å². The van der Waals surface area contributed by atoms with Gasteiger partial charge in [-0.05, 0) is 30.3 Å². The van der Waals surface area contributed by atoms with Gasteiger partial charge in [0, 0.05) is 39.7 Å². The Morgan fingerprint density at radius 3 is 2.88 bits per heavy atom. The summed E-state index contributed by atoms with van der Waals surface area (Å²) in [7, 11) is 0. The molecule has 6 heteroatoms. The summed E-state index contributed by atoms with van der Waals surface area (Å²) < 4.78 is 18.7. The van der Waals surface area contributed by atoms with Gasteiger partial charge in [-0.2, -0.15) is 0 Å². The van der Waals surface area contributed by atoms with Crippen molar-refractivity contribution in [1.29, 1.82) is 0 Å². The molecule has 0 saturated carbocycles. The lowest BCUT2D eigenvalue weighted by Gasteiger charge is -2.10. The quantitative estimate of drug-likeness (QED) is 0.667. The second kappa shape index (κ2) is 7.03. The van der Waals surface area contributed by atoms with E-state index in [0.29, 0.717) is 32.8 Å². The number of hydrogen-bond donors (Lipinski definition) is 2. The van der Waals surface area contributed by atoms with Crippen LogP contribution in [0.4, 0.5) is 4.39 Å². The van der Waals surface area contributed by atoms with Crippen molar-refractivity contribution in [3.8, 4) is 5.75 Å². The van der Waals surface area contributed by atoms with Crippen molar-refractivity contribution in [2.24, 2.45) is 0 Å². The lowest BCUT2D eigenvalue weighted by Crippen LogP contribution is -2.08. The molecule has 0 aliphatic rings. The van der Waals surface area contributed by atoms with Crippen molar-refractivity contribution in [1.82, 2.24) is 4.98 Å². The first-order chi connectivity index (χ1) is 11.6. The number of aliphatic hydroxyl groups is 1. The predicted molar refractivity (Wildman–Crippen MR) is 90.3 cm³/mol. The Hall–Kier alpha value is -2.37. The third-order valence-corrected chi connectivity index (χ3v) is 3.91. The fourth-order valence-electron chi connectivity index (χ4n) is 2.56. The van der Waals surface area contributed by atoms with E-state index >= 15 is 0 Å². The first-order valence-electron chi connectivity index (χ1n) is 7.40. The summed E-state index contributed by atoms with van der Waals surface area (Å²) in [4.78, 5) is 15.5. The SMILES string of the molecule is O=C(Cc1ccc(Cl)cc1OCCO)c1c[nH]c2cc(F)ccc12. The highest BCUT2D eigenvalue weighted by atomic mass is 35.5. The molecule has 2 aromatic carbocycles. The van der Waals surface area contributed by atoms with Crippen LogP contribution in [0.15, 0.2) is 42.6 Å². The van der Waals surface area contributed by atoms with Crippen LogP contribution in [0.3, 0.4) is 0 Å². The lowest BCUT2D eigenvalue weighted by atomic mass is 10.0. The van der Waals surface area contributed by atoms with Gasteiger partial charge >= 0.3 is 0 Å². The minimum atomic E-state index is -0.360. The standard InChI is InChI=1S/C18H15ClFNO3/c19-12-2-1-11(18(8-12)24-6-5-22)7-17(23)15-10-21-16-9-13(20)3-4-14(15)16/h1-4,8-10,21-22H,5-7H2. The van der Waals surface area contributed by atoms with Gasteiger partial charge in [0.2, 0.25) is 0 Å². The van der Waals surface area contributed by atoms with Crippen LogP contribution in [-0.4, -0.2) is 29.1 Å². The largest absolute Gasteiger partial charge is 0.491 e. The number of Topliss-reactive ketones (excluding diaryl/α,β-unsaturated/α-hetero) is 1. The maximum absolute atomic E-state index is 13.2. The Labute approximate surface area is 142 Å². The molecule has 0 spiro atoms. The molecule has 0 aliphatic carbocycles. The molecule has 0 amide bonds. The zero-order valence-corrected chi connectivity index (χ0v) is 13.4. The molecule has 2 N–H and O–H groups in total. The molecule has 1 heterocycles. The van der Waals surface area contributed by atoms with E-state index in [0.717, 1.165) is 0 Å². The number of carbonyl (C=O) groups is 1. The topological polar surface area (TPSA) is 62.3 Å². The molecule has 0 unspecified atom stereocenters. The molecule has 0 radical (unpaired) electrons. The molecule has 4 nitrogen and oxygen atoms in total. The van der Waals surface area contributed by atoms with Crippen molar-refractivity contribution >= 4 is 28.3 Å². The Morgan fingerprint density at radius 2 is 2.08 bits per heavy atom. The molecule has 24 heavy (non-hydrogen) atoms. The van der Waals surface area contributed by atoms with Gasteiger partial charge in [-0.1, -0.05) is 17.7 Å². The van der Waals surface area contributed by atoms with Crippen LogP contribution in [0.5, 0.6) is 5.75 Å². The molecule has 0 atom stereocenters. The van der Waals surface area contributed by atoms with Gasteiger partial charge in [0.25, 0.3) is 0 Å². The zero-order chi connectivity index (χ0) is 17.1. The van der Waals surface area contributed by atoms with Gasteiger partial charge in [-0.15, -0.1) is 0 Å². The summed E-state index contributed by atoms with van der Waals surface area (Å²) in [5.74, 6) is -0.0134. The van der Waals surface area contributed by atoms with E-state index in [4.69, 9.17) is 21.4 Å². The number of benzene rings is 2. The van der Waals surface area contributed by atoms with Crippen LogP contribution < -0.4 is 4.74 Å². The van der Waals surface area contributed by atoms with E-state index in [1.165, 1.54) is 12.1 Å². The van der Waals surface area contributed by atoms with Crippen LogP contribution in [0.1, 0.15) is 15.9 Å². The Balaban J connectivity index is 1.88. The summed E-state index contributed by atoms with van der Waals surface area (Å²) >= 11 is 5.96. The number of fused-ring (bicyclic) bond motifs is 1. The summed E-state index contributed by atoms with van der Waals surface area (Å²) in [6.45, 7) is -0.0121. The van der Waals surface area contributed by atoms with Crippen molar-refractivity contribution in [2.45, 2.75) is 6.42 Å². The molecular weight excluding hydrogens is 333 g/mol. The normalized spacial score (nSPS) is 11.0. The van der Waals surface area contributed by atoms with Crippen molar-refractivity contribution < 1.29 is 19.0 Å². The number of nitrogens with one attached hydrogen (secondary N) is 1. The Bertz CT molecular complexity index is 891. The van der Waals surface area contributed by atoms with Gasteiger partial charge < -0.3 is 14.8 Å². The van der Waals surface area contributed by atoms with Crippen molar-refractivity contribution in [3.05, 3.63) is 64.6 Å². The molecule has 124 valence electrons. The highest BCUT2D eigenvalue weighted by Crippen LogP contribution is 2.26. The van der Waals surface area contributed by atoms with E-state index in [-0.39, 0.29) is 31.2 Å². The van der Waals surface area contributed by atoms with E-state index in [2.05, 4.69) is 4.98 Å². The van der Waals surface area contributed by atoms with Crippen molar-refractivity contribution in [2.75, 3.05) is 13.2 Å². The average Bonchev–Trinajstić information content (AvgIpc) is 2.98. The van der Waals surface area contributed by atoms with Crippen LogP contribution in [0, 0.1) is 5.82 Å². The second-order valence-electron chi connectivity index (χ2n) is 5.32. The molecule has 0 bridgehead atoms.